The highest BCUT2D eigenvalue weighted by atomic mass is 35.5. The van der Waals surface area contributed by atoms with E-state index in [4.69, 9.17) is 16.0 Å². The van der Waals surface area contributed by atoms with Crippen LogP contribution in [0.15, 0.2) is 102 Å². The van der Waals surface area contributed by atoms with Crippen molar-refractivity contribution in [3.8, 4) is 0 Å². The van der Waals surface area contributed by atoms with Crippen LogP contribution in [0, 0.1) is 5.92 Å². The van der Waals surface area contributed by atoms with E-state index in [1.54, 1.807) is 36.4 Å². The summed E-state index contributed by atoms with van der Waals surface area (Å²) in [5, 5.41) is 3.30. The predicted octanol–water partition coefficient (Wildman–Crippen LogP) is 5.79. The van der Waals surface area contributed by atoms with Crippen LogP contribution in [0.2, 0.25) is 5.02 Å². The molecule has 1 spiro atoms. The summed E-state index contributed by atoms with van der Waals surface area (Å²) in [6, 6.07) is 23.4. The molecule has 7 rings (SSSR count). The number of rotatable bonds is 4. The zero-order chi connectivity index (χ0) is 26.0. The maximum absolute atomic E-state index is 14.5. The second-order valence-corrected chi connectivity index (χ2v) is 10.2. The second-order valence-electron chi connectivity index (χ2n) is 9.75. The third-order valence-corrected chi connectivity index (χ3v) is 8.33. The summed E-state index contributed by atoms with van der Waals surface area (Å²) in [5.74, 6) is -2.06. The number of furan rings is 1. The third-order valence-electron chi connectivity index (χ3n) is 8.00. The lowest BCUT2D eigenvalue weighted by atomic mass is 9.64. The monoisotopic (exact) mass is 520 g/mol. The van der Waals surface area contributed by atoms with Crippen molar-refractivity contribution >= 4 is 46.5 Å². The fourth-order valence-corrected chi connectivity index (χ4v) is 6.74. The molecule has 0 saturated carbocycles. The Morgan fingerprint density at radius 3 is 2.47 bits per heavy atom. The summed E-state index contributed by atoms with van der Waals surface area (Å²) in [7, 11) is 0. The molecule has 0 aliphatic carbocycles. The van der Waals surface area contributed by atoms with Gasteiger partial charge in [0.25, 0.3) is 0 Å². The molecular weight excluding hydrogens is 500 g/mol. The first-order valence-electron chi connectivity index (χ1n) is 12.4. The Morgan fingerprint density at radius 1 is 0.895 bits per heavy atom. The number of fused-ring (bicyclic) bond motifs is 6. The van der Waals surface area contributed by atoms with Crippen molar-refractivity contribution in [2.45, 2.75) is 17.5 Å². The SMILES string of the molecule is O=C(c1ccccc1Cl)C1C(C(=O)c2ccco2)C2(C(=O)Nc3ccccc32)C2C=Cc3ccccc3N12. The molecule has 1 saturated heterocycles. The normalized spacial score (nSPS) is 24.6. The van der Waals surface area contributed by atoms with E-state index in [1.165, 1.54) is 6.26 Å². The Bertz CT molecular complexity index is 1660. The number of anilines is 2. The van der Waals surface area contributed by atoms with E-state index >= 15 is 0 Å². The van der Waals surface area contributed by atoms with E-state index in [-0.39, 0.29) is 22.5 Å². The van der Waals surface area contributed by atoms with Crippen LogP contribution in [0.3, 0.4) is 0 Å². The highest BCUT2D eigenvalue weighted by Crippen LogP contribution is 2.58. The first kappa shape index (κ1) is 22.8. The molecule has 1 N–H and O–H groups in total. The molecule has 0 bridgehead atoms. The van der Waals surface area contributed by atoms with Gasteiger partial charge >= 0.3 is 0 Å². The highest BCUT2D eigenvalue weighted by molar-refractivity contribution is 6.34. The molecule has 1 fully saturated rings. The van der Waals surface area contributed by atoms with Gasteiger partial charge in [0, 0.05) is 16.9 Å². The van der Waals surface area contributed by atoms with E-state index < -0.39 is 29.2 Å². The number of nitrogens with one attached hydrogen (secondary N) is 1. The number of ketones is 2. The van der Waals surface area contributed by atoms with Crippen LogP contribution in [-0.2, 0) is 10.2 Å². The van der Waals surface area contributed by atoms with Crippen molar-refractivity contribution in [1.82, 2.24) is 0 Å². The average molecular weight is 521 g/mol. The van der Waals surface area contributed by atoms with Crippen molar-refractivity contribution in [1.29, 1.82) is 0 Å². The lowest BCUT2D eigenvalue weighted by Gasteiger charge is -2.37. The third kappa shape index (κ3) is 2.92. The van der Waals surface area contributed by atoms with Gasteiger partial charge in [-0.25, -0.2) is 0 Å². The molecular formula is C31H21ClN2O4. The van der Waals surface area contributed by atoms with Gasteiger partial charge in [0.1, 0.15) is 11.5 Å². The Kier molecular flexibility index (Phi) is 4.97. The molecule has 6 nitrogen and oxygen atoms in total. The molecule has 7 heteroatoms. The molecule has 1 amide bonds. The summed E-state index contributed by atoms with van der Waals surface area (Å²) in [6.45, 7) is 0. The van der Waals surface area contributed by atoms with E-state index in [0.29, 0.717) is 16.8 Å². The number of para-hydroxylation sites is 2. The van der Waals surface area contributed by atoms with Gasteiger partial charge < -0.3 is 14.6 Å². The minimum atomic E-state index is -1.38. The minimum Gasteiger partial charge on any atom is -0.461 e. The first-order valence-corrected chi connectivity index (χ1v) is 12.7. The molecule has 4 aromatic rings. The molecule has 3 aliphatic heterocycles. The second kappa shape index (κ2) is 8.30. The molecule has 3 aliphatic rings. The number of nitrogens with zero attached hydrogens (tertiary/aromatic N) is 1. The lowest BCUT2D eigenvalue weighted by molar-refractivity contribution is -0.121. The summed E-state index contributed by atoms with van der Waals surface area (Å²) in [5.41, 5.74) is 1.90. The van der Waals surface area contributed by atoms with Crippen molar-refractivity contribution in [3.63, 3.8) is 0 Å². The van der Waals surface area contributed by atoms with Crippen molar-refractivity contribution < 1.29 is 18.8 Å². The largest absolute Gasteiger partial charge is 0.461 e. The molecule has 0 radical (unpaired) electrons. The lowest BCUT2D eigenvalue weighted by Crippen LogP contribution is -2.51. The van der Waals surface area contributed by atoms with Gasteiger partial charge in [0.2, 0.25) is 11.7 Å². The van der Waals surface area contributed by atoms with E-state index in [9.17, 15) is 14.4 Å². The van der Waals surface area contributed by atoms with Gasteiger partial charge in [-0.2, -0.15) is 0 Å². The highest BCUT2D eigenvalue weighted by Gasteiger charge is 2.70. The van der Waals surface area contributed by atoms with Crippen LogP contribution in [-0.4, -0.2) is 29.6 Å². The van der Waals surface area contributed by atoms with E-state index in [1.807, 2.05) is 65.6 Å². The molecule has 4 heterocycles. The molecule has 1 aromatic heterocycles. The number of carbonyl (C=O) groups excluding carboxylic acids is 3. The first-order chi connectivity index (χ1) is 18.5. The van der Waals surface area contributed by atoms with Crippen molar-refractivity contribution in [2.75, 3.05) is 10.2 Å². The maximum Gasteiger partial charge on any atom is 0.238 e. The predicted molar refractivity (Wildman–Crippen MR) is 145 cm³/mol. The smallest absolute Gasteiger partial charge is 0.238 e. The van der Waals surface area contributed by atoms with Gasteiger partial charge in [0.05, 0.1) is 23.2 Å². The summed E-state index contributed by atoms with van der Waals surface area (Å²) in [4.78, 5) is 45.0. The van der Waals surface area contributed by atoms with Crippen LogP contribution in [0.5, 0.6) is 0 Å². The molecule has 38 heavy (non-hydrogen) atoms. The number of amides is 1. The summed E-state index contributed by atoms with van der Waals surface area (Å²) < 4.78 is 5.56. The van der Waals surface area contributed by atoms with Gasteiger partial charge in [0.15, 0.2) is 11.5 Å². The minimum absolute atomic E-state index is 0.0978. The topological polar surface area (TPSA) is 79.6 Å². The van der Waals surface area contributed by atoms with Gasteiger partial charge in [-0.05, 0) is 47.5 Å². The van der Waals surface area contributed by atoms with Crippen LogP contribution in [0.1, 0.15) is 32.0 Å². The Hall–Kier alpha value is -4.42. The molecule has 3 aromatic carbocycles. The maximum atomic E-state index is 14.5. The molecule has 186 valence electrons. The van der Waals surface area contributed by atoms with E-state index in [2.05, 4.69) is 5.32 Å². The quantitative estimate of drug-likeness (QED) is 0.345. The number of hydrogen-bond acceptors (Lipinski definition) is 5. The number of carbonyl (C=O) groups is 3. The van der Waals surface area contributed by atoms with Crippen LogP contribution in [0.25, 0.3) is 6.08 Å². The summed E-state index contributed by atoms with van der Waals surface area (Å²) in [6.07, 6.45) is 5.32. The fourth-order valence-electron chi connectivity index (χ4n) is 6.51. The van der Waals surface area contributed by atoms with Crippen LogP contribution < -0.4 is 10.2 Å². The van der Waals surface area contributed by atoms with Gasteiger partial charge in [-0.1, -0.05) is 72.3 Å². The average Bonchev–Trinajstić information content (AvgIpc) is 3.65. The van der Waals surface area contributed by atoms with Crippen molar-refractivity contribution in [2.24, 2.45) is 5.92 Å². The Labute approximate surface area is 223 Å². The van der Waals surface area contributed by atoms with Crippen LogP contribution >= 0.6 is 11.6 Å². The van der Waals surface area contributed by atoms with Crippen molar-refractivity contribution in [3.05, 3.63) is 125 Å². The zero-order valence-electron chi connectivity index (χ0n) is 20.0. The molecule has 4 unspecified atom stereocenters. The number of benzene rings is 3. The number of hydrogen-bond donors (Lipinski definition) is 1. The van der Waals surface area contributed by atoms with Crippen LogP contribution in [0.4, 0.5) is 11.4 Å². The Balaban J connectivity index is 1.56. The van der Waals surface area contributed by atoms with Gasteiger partial charge in [-0.15, -0.1) is 0 Å². The van der Waals surface area contributed by atoms with Gasteiger partial charge in [-0.3, -0.25) is 14.4 Å². The summed E-state index contributed by atoms with van der Waals surface area (Å²) >= 11 is 6.52. The van der Waals surface area contributed by atoms with E-state index in [0.717, 1.165) is 11.3 Å². The standard InChI is InChI=1S/C31H21ClN2O4/c32-21-11-4-2-9-19(21)28(35)27-26(29(36)24-14-7-17-38-24)31(20-10-3-5-12-22(20)33-30(31)37)25-16-15-18-8-1-6-13-23(18)34(25)27/h1-17,25-27H,(H,33,37). The Morgan fingerprint density at radius 2 is 1.66 bits per heavy atom. The number of halogens is 1. The fraction of sp³-hybridized carbons (Fsp3) is 0.129. The zero-order valence-corrected chi connectivity index (χ0v) is 20.8. The number of Topliss-reactive ketones (excluding diaryl/α,β-unsaturated/α-hetero) is 2. The molecule has 4 atom stereocenters.